The fourth-order valence-electron chi connectivity index (χ4n) is 1.98. The number of alkyl halides is 3. The van der Waals surface area contributed by atoms with Gasteiger partial charge in [-0.05, 0) is 23.3 Å². The highest BCUT2D eigenvalue weighted by Gasteiger charge is 2.32. The van der Waals surface area contributed by atoms with Crippen molar-refractivity contribution in [3.8, 4) is 0 Å². The minimum Gasteiger partial charge on any atom is -0.445 e. The molecule has 0 unspecified atom stereocenters. The topological polar surface area (TPSA) is 38.3 Å². The molecule has 0 aliphatic rings. The third-order valence-corrected chi connectivity index (χ3v) is 3.50. The zero-order valence-electron chi connectivity index (χ0n) is 13.0. The lowest BCUT2D eigenvalue weighted by Crippen LogP contribution is -2.24. The van der Waals surface area contributed by atoms with Crippen LogP contribution in [0.4, 0.5) is 18.0 Å². The van der Waals surface area contributed by atoms with Gasteiger partial charge in [0.25, 0.3) is 0 Å². The fraction of sp³-hybridized carbons (Fsp3) is 0.167. The Hall–Kier alpha value is -2.47. The first-order valence-electron chi connectivity index (χ1n) is 7.34. The van der Waals surface area contributed by atoms with Crippen molar-refractivity contribution >= 4 is 23.8 Å². The molecule has 0 spiro atoms. The van der Waals surface area contributed by atoms with Gasteiger partial charge in [-0.15, -0.1) is 0 Å². The van der Waals surface area contributed by atoms with Crippen LogP contribution in [0.25, 0.3) is 6.08 Å². The zero-order chi connectivity index (χ0) is 18.3. The first-order chi connectivity index (χ1) is 11.9. The molecule has 7 heteroatoms. The van der Waals surface area contributed by atoms with E-state index in [1.54, 1.807) is 12.2 Å². The Bertz CT molecular complexity index is 746. The van der Waals surface area contributed by atoms with Gasteiger partial charge in [0.15, 0.2) is 0 Å². The molecule has 0 atom stereocenters. The van der Waals surface area contributed by atoms with Gasteiger partial charge in [-0.3, -0.25) is 0 Å². The largest absolute Gasteiger partial charge is 0.445 e. The van der Waals surface area contributed by atoms with Crippen LogP contribution in [0.15, 0.2) is 54.6 Å². The molecule has 0 radical (unpaired) electrons. The van der Waals surface area contributed by atoms with Crippen LogP contribution >= 0.6 is 11.6 Å². The normalized spacial score (nSPS) is 11.5. The molecule has 0 saturated carbocycles. The molecule has 0 fully saturated rings. The third-order valence-electron chi connectivity index (χ3n) is 3.19. The number of halogens is 4. The van der Waals surface area contributed by atoms with E-state index in [2.05, 4.69) is 5.32 Å². The van der Waals surface area contributed by atoms with E-state index in [0.29, 0.717) is 5.56 Å². The van der Waals surface area contributed by atoms with Crippen LogP contribution in [-0.4, -0.2) is 12.6 Å². The van der Waals surface area contributed by atoms with Gasteiger partial charge in [-0.2, -0.15) is 13.2 Å². The third kappa shape index (κ3) is 6.15. The summed E-state index contributed by atoms with van der Waals surface area (Å²) in [5.41, 5.74) is 0.485. The second-order valence-corrected chi connectivity index (χ2v) is 5.49. The summed E-state index contributed by atoms with van der Waals surface area (Å²) >= 11 is 5.63. The first-order valence-corrected chi connectivity index (χ1v) is 7.72. The number of carbonyl (C=O) groups is 1. The van der Waals surface area contributed by atoms with Gasteiger partial charge in [0.05, 0.1) is 10.6 Å². The van der Waals surface area contributed by atoms with E-state index in [1.807, 2.05) is 30.3 Å². The minimum atomic E-state index is -4.48. The van der Waals surface area contributed by atoms with Gasteiger partial charge in [-0.25, -0.2) is 4.79 Å². The van der Waals surface area contributed by atoms with Gasteiger partial charge < -0.3 is 10.1 Å². The molecule has 25 heavy (non-hydrogen) atoms. The van der Waals surface area contributed by atoms with E-state index in [0.717, 1.165) is 11.6 Å². The van der Waals surface area contributed by atoms with Crippen molar-refractivity contribution < 1.29 is 22.7 Å². The molecule has 2 rings (SSSR count). The number of carbonyl (C=O) groups excluding carboxylic acids is 1. The Labute approximate surface area is 148 Å². The Morgan fingerprint density at radius 3 is 2.52 bits per heavy atom. The van der Waals surface area contributed by atoms with Gasteiger partial charge in [-0.1, -0.05) is 60.2 Å². The van der Waals surface area contributed by atoms with E-state index in [9.17, 15) is 18.0 Å². The lowest BCUT2D eigenvalue weighted by atomic mass is 10.1. The van der Waals surface area contributed by atoms with Crippen molar-refractivity contribution in [2.24, 2.45) is 0 Å². The summed E-state index contributed by atoms with van der Waals surface area (Å²) in [5.74, 6) is 0. The van der Waals surface area contributed by atoms with E-state index < -0.39 is 17.8 Å². The molecule has 1 amide bonds. The van der Waals surface area contributed by atoms with Crippen molar-refractivity contribution in [1.82, 2.24) is 5.32 Å². The van der Waals surface area contributed by atoms with E-state index in [4.69, 9.17) is 16.3 Å². The maximum atomic E-state index is 12.6. The summed E-state index contributed by atoms with van der Waals surface area (Å²) in [6.45, 7) is 0.331. The number of ether oxygens (including phenoxy) is 1. The summed E-state index contributed by atoms with van der Waals surface area (Å²) in [6, 6.07) is 12.7. The van der Waals surface area contributed by atoms with Crippen LogP contribution in [0, 0.1) is 0 Å². The van der Waals surface area contributed by atoms with Crippen LogP contribution in [0.5, 0.6) is 0 Å². The molecule has 132 valence electrons. The van der Waals surface area contributed by atoms with Crippen molar-refractivity contribution in [2.75, 3.05) is 6.54 Å². The van der Waals surface area contributed by atoms with Gasteiger partial charge in [0, 0.05) is 6.54 Å². The predicted molar refractivity (Wildman–Crippen MR) is 90.1 cm³/mol. The highest BCUT2D eigenvalue weighted by atomic mass is 35.5. The van der Waals surface area contributed by atoms with E-state index in [1.165, 1.54) is 12.1 Å². The maximum absolute atomic E-state index is 12.6. The SMILES string of the molecule is O=C(NCC=Cc1ccc(C(F)(F)F)c(Cl)c1)OCc1ccccc1. The lowest BCUT2D eigenvalue weighted by molar-refractivity contribution is -0.137. The molecule has 0 heterocycles. The molecule has 2 aromatic carbocycles. The molecule has 0 aliphatic carbocycles. The second-order valence-electron chi connectivity index (χ2n) is 5.08. The molecule has 0 aliphatic heterocycles. The van der Waals surface area contributed by atoms with Gasteiger partial charge in [0.2, 0.25) is 0 Å². The van der Waals surface area contributed by atoms with E-state index >= 15 is 0 Å². The summed E-state index contributed by atoms with van der Waals surface area (Å²) in [7, 11) is 0. The summed E-state index contributed by atoms with van der Waals surface area (Å²) in [6.07, 6.45) is -1.92. The highest BCUT2D eigenvalue weighted by molar-refractivity contribution is 6.31. The molecule has 0 bridgehead atoms. The Balaban J connectivity index is 1.79. The number of benzene rings is 2. The average Bonchev–Trinajstić information content (AvgIpc) is 2.57. The average molecular weight is 370 g/mol. The maximum Gasteiger partial charge on any atom is 0.417 e. The molecule has 0 saturated heterocycles. The van der Waals surface area contributed by atoms with Crippen LogP contribution < -0.4 is 5.32 Å². The Kier molecular flexibility index (Phi) is 6.47. The molecule has 3 nitrogen and oxygen atoms in total. The Morgan fingerprint density at radius 2 is 1.88 bits per heavy atom. The summed E-state index contributed by atoms with van der Waals surface area (Å²) in [4.78, 5) is 11.5. The van der Waals surface area contributed by atoms with Gasteiger partial charge >= 0.3 is 12.3 Å². The van der Waals surface area contributed by atoms with E-state index in [-0.39, 0.29) is 18.2 Å². The second kappa shape index (κ2) is 8.58. The van der Waals surface area contributed by atoms with Crippen molar-refractivity contribution in [2.45, 2.75) is 12.8 Å². The van der Waals surface area contributed by atoms with Crippen LogP contribution in [0.3, 0.4) is 0 Å². The fourth-order valence-corrected chi connectivity index (χ4v) is 2.27. The standard InChI is InChI=1S/C18H15ClF3NO2/c19-16-11-13(8-9-15(16)18(20,21)22)7-4-10-23-17(24)25-12-14-5-2-1-3-6-14/h1-9,11H,10,12H2,(H,23,24). The number of amides is 1. The van der Waals surface area contributed by atoms with Crippen LogP contribution in [0.2, 0.25) is 5.02 Å². The number of nitrogens with one attached hydrogen (secondary N) is 1. The Morgan fingerprint density at radius 1 is 1.16 bits per heavy atom. The minimum absolute atomic E-state index is 0.158. The monoisotopic (exact) mass is 369 g/mol. The van der Waals surface area contributed by atoms with Gasteiger partial charge in [0.1, 0.15) is 6.61 Å². The zero-order valence-corrected chi connectivity index (χ0v) is 13.8. The molecular formula is C18H15ClF3NO2. The summed E-state index contributed by atoms with van der Waals surface area (Å²) in [5, 5.41) is 2.14. The van der Waals surface area contributed by atoms with Crippen LogP contribution in [-0.2, 0) is 17.5 Å². The number of alkyl carbamates (subject to hydrolysis) is 1. The van der Waals surface area contributed by atoms with Crippen molar-refractivity contribution in [3.63, 3.8) is 0 Å². The number of hydrogen-bond donors (Lipinski definition) is 1. The van der Waals surface area contributed by atoms with Crippen LogP contribution in [0.1, 0.15) is 16.7 Å². The predicted octanol–water partition coefficient (Wildman–Crippen LogP) is 5.30. The smallest absolute Gasteiger partial charge is 0.417 e. The number of hydrogen-bond acceptors (Lipinski definition) is 2. The van der Waals surface area contributed by atoms with Crippen molar-refractivity contribution in [3.05, 3.63) is 76.3 Å². The number of rotatable bonds is 5. The molecule has 1 N–H and O–H groups in total. The molecule has 2 aromatic rings. The lowest BCUT2D eigenvalue weighted by Gasteiger charge is -2.09. The highest BCUT2D eigenvalue weighted by Crippen LogP contribution is 2.35. The first kappa shape index (κ1) is 18.9. The summed E-state index contributed by atoms with van der Waals surface area (Å²) < 4.78 is 42.8. The quantitative estimate of drug-likeness (QED) is 0.776. The van der Waals surface area contributed by atoms with Crippen molar-refractivity contribution in [1.29, 1.82) is 0 Å². The molecule has 0 aromatic heterocycles. The molecular weight excluding hydrogens is 355 g/mol.